The number of thioether (sulfide) groups is 1. The summed E-state index contributed by atoms with van der Waals surface area (Å²) in [6, 6.07) is 14.0. The minimum absolute atomic E-state index is 0.0955. The van der Waals surface area contributed by atoms with Crippen LogP contribution in [-0.2, 0) is 0 Å². The van der Waals surface area contributed by atoms with Gasteiger partial charge < -0.3 is 9.73 Å². The molecule has 0 radical (unpaired) electrons. The van der Waals surface area contributed by atoms with Crippen LogP contribution in [0.5, 0.6) is 0 Å². The van der Waals surface area contributed by atoms with Crippen LogP contribution < -0.4 is 5.32 Å². The summed E-state index contributed by atoms with van der Waals surface area (Å²) < 4.78 is 19.6. The van der Waals surface area contributed by atoms with Crippen LogP contribution >= 0.6 is 23.1 Å². The van der Waals surface area contributed by atoms with Gasteiger partial charge >= 0.3 is 0 Å². The van der Waals surface area contributed by atoms with Gasteiger partial charge in [-0.1, -0.05) is 40.8 Å². The Morgan fingerprint density at radius 2 is 1.75 bits per heavy atom. The molecule has 28 heavy (non-hydrogen) atoms. The van der Waals surface area contributed by atoms with Gasteiger partial charge in [-0.25, -0.2) is 4.39 Å². The summed E-state index contributed by atoms with van der Waals surface area (Å²) in [5, 5.41) is 20.4. The Morgan fingerprint density at radius 1 is 1.00 bits per heavy atom. The third kappa shape index (κ3) is 4.37. The lowest BCUT2D eigenvalue weighted by Gasteiger charge is -2.03. The highest BCUT2D eigenvalue weighted by molar-refractivity contribution is 8.01. The van der Waals surface area contributed by atoms with Gasteiger partial charge in [-0.15, -0.1) is 20.4 Å². The Balaban J connectivity index is 1.41. The normalized spacial score (nSPS) is 12.1. The largest absolute Gasteiger partial charge is 0.419 e. The highest BCUT2D eigenvalue weighted by Gasteiger charge is 2.18. The lowest BCUT2D eigenvalue weighted by molar-refractivity contribution is 0.509. The van der Waals surface area contributed by atoms with E-state index in [-0.39, 0.29) is 11.1 Å². The zero-order chi connectivity index (χ0) is 19.5. The molecule has 2 aromatic heterocycles. The van der Waals surface area contributed by atoms with Gasteiger partial charge in [0.05, 0.1) is 5.25 Å². The van der Waals surface area contributed by atoms with Crippen molar-refractivity contribution in [2.45, 2.75) is 23.4 Å². The lowest BCUT2D eigenvalue weighted by Crippen LogP contribution is -1.89. The molecule has 1 atom stereocenters. The molecule has 0 aliphatic carbocycles. The average Bonchev–Trinajstić information content (AvgIpc) is 3.34. The fourth-order valence-electron chi connectivity index (χ4n) is 2.38. The van der Waals surface area contributed by atoms with Gasteiger partial charge in [-0.2, -0.15) is 0 Å². The molecule has 1 N–H and O–H groups in total. The molecule has 0 spiro atoms. The van der Waals surface area contributed by atoms with E-state index in [1.165, 1.54) is 40.8 Å². The number of nitrogens with one attached hydrogen (secondary N) is 1. The standard InChI is InChI=1S/C19H16FN5OS2/c1-11-3-9-15(10-4-11)21-18-24-25-19(28-18)27-12(2)16-22-23-17(26-16)13-5-7-14(20)8-6-13/h3-10,12H,1-2H3,(H,21,24)/t12-/m0/s1. The molecule has 6 nitrogen and oxygen atoms in total. The fourth-order valence-corrected chi connectivity index (χ4v) is 4.32. The van der Waals surface area contributed by atoms with Crippen molar-refractivity contribution < 1.29 is 8.81 Å². The third-order valence-electron chi connectivity index (χ3n) is 3.87. The molecule has 2 heterocycles. The van der Waals surface area contributed by atoms with Crippen LogP contribution in [0.15, 0.2) is 57.3 Å². The summed E-state index contributed by atoms with van der Waals surface area (Å²) in [6.45, 7) is 4.00. The van der Waals surface area contributed by atoms with Crippen molar-refractivity contribution in [3.63, 3.8) is 0 Å². The Labute approximate surface area is 169 Å². The summed E-state index contributed by atoms with van der Waals surface area (Å²) >= 11 is 2.95. The van der Waals surface area contributed by atoms with Crippen molar-refractivity contribution in [1.82, 2.24) is 20.4 Å². The van der Waals surface area contributed by atoms with E-state index in [0.29, 0.717) is 17.3 Å². The minimum atomic E-state index is -0.307. The molecule has 9 heteroatoms. The Bertz CT molecular complexity index is 1060. The van der Waals surface area contributed by atoms with Crippen molar-refractivity contribution in [3.05, 3.63) is 65.8 Å². The van der Waals surface area contributed by atoms with Crippen molar-refractivity contribution >= 4 is 33.9 Å². The molecule has 0 amide bonds. The molecular formula is C19H16FN5OS2. The molecule has 0 aliphatic heterocycles. The summed E-state index contributed by atoms with van der Waals surface area (Å²) in [6.07, 6.45) is 0. The first-order valence-electron chi connectivity index (χ1n) is 8.50. The summed E-state index contributed by atoms with van der Waals surface area (Å²) in [7, 11) is 0. The van der Waals surface area contributed by atoms with Crippen molar-refractivity contribution in [2.75, 3.05) is 5.32 Å². The molecule has 0 fully saturated rings. The van der Waals surface area contributed by atoms with Crippen LogP contribution in [0.4, 0.5) is 15.2 Å². The van der Waals surface area contributed by atoms with Gasteiger partial charge in [-0.3, -0.25) is 0 Å². The molecule has 2 aromatic carbocycles. The predicted molar refractivity (Wildman–Crippen MR) is 108 cm³/mol. The number of anilines is 2. The summed E-state index contributed by atoms with van der Waals surface area (Å²) in [5.41, 5.74) is 2.84. The van der Waals surface area contributed by atoms with E-state index in [0.717, 1.165) is 15.2 Å². The third-order valence-corrected chi connectivity index (χ3v) is 5.88. The molecule has 4 rings (SSSR count). The highest BCUT2D eigenvalue weighted by atomic mass is 32.2. The number of aryl methyl sites for hydroxylation is 1. The number of hydrogen-bond donors (Lipinski definition) is 1. The molecule has 0 bridgehead atoms. The van der Waals surface area contributed by atoms with Crippen LogP contribution in [0, 0.1) is 12.7 Å². The van der Waals surface area contributed by atoms with Gasteiger partial charge in [0.2, 0.25) is 16.9 Å². The molecule has 0 saturated heterocycles. The first-order valence-corrected chi connectivity index (χ1v) is 10.2. The molecule has 142 valence electrons. The monoisotopic (exact) mass is 413 g/mol. The van der Waals surface area contributed by atoms with Crippen LogP contribution in [0.25, 0.3) is 11.5 Å². The fraction of sp³-hybridized carbons (Fsp3) is 0.158. The SMILES string of the molecule is Cc1ccc(Nc2nnc(S[C@@H](C)c3nnc(-c4ccc(F)cc4)o3)s2)cc1. The van der Waals surface area contributed by atoms with Gasteiger partial charge in [0.1, 0.15) is 5.82 Å². The maximum Gasteiger partial charge on any atom is 0.247 e. The Morgan fingerprint density at radius 3 is 2.50 bits per heavy atom. The minimum Gasteiger partial charge on any atom is -0.419 e. The molecular weight excluding hydrogens is 397 g/mol. The number of benzene rings is 2. The van der Waals surface area contributed by atoms with E-state index < -0.39 is 0 Å². The van der Waals surface area contributed by atoms with E-state index in [1.807, 2.05) is 38.1 Å². The first-order chi connectivity index (χ1) is 13.6. The van der Waals surface area contributed by atoms with Crippen LogP contribution in [0.1, 0.15) is 23.6 Å². The number of hydrogen-bond acceptors (Lipinski definition) is 8. The summed E-state index contributed by atoms with van der Waals surface area (Å²) in [4.78, 5) is 0. The second kappa shape index (κ2) is 8.07. The van der Waals surface area contributed by atoms with Crippen molar-refractivity contribution in [3.8, 4) is 11.5 Å². The van der Waals surface area contributed by atoms with E-state index >= 15 is 0 Å². The number of aromatic nitrogens is 4. The highest BCUT2D eigenvalue weighted by Crippen LogP contribution is 2.38. The van der Waals surface area contributed by atoms with Crippen LogP contribution in [0.3, 0.4) is 0 Å². The van der Waals surface area contributed by atoms with Crippen LogP contribution in [0.2, 0.25) is 0 Å². The maximum atomic E-state index is 13.0. The summed E-state index contributed by atoms with van der Waals surface area (Å²) in [5.74, 6) is 0.535. The molecule has 0 unspecified atom stereocenters. The van der Waals surface area contributed by atoms with Gasteiger partial charge in [-0.05, 0) is 50.2 Å². The predicted octanol–water partition coefficient (Wildman–Crippen LogP) is 5.63. The van der Waals surface area contributed by atoms with E-state index in [9.17, 15) is 4.39 Å². The zero-order valence-corrected chi connectivity index (χ0v) is 16.7. The maximum absolute atomic E-state index is 13.0. The van der Waals surface area contributed by atoms with E-state index in [4.69, 9.17) is 4.42 Å². The average molecular weight is 414 g/mol. The Kier molecular flexibility index (Phi) is 5.36. The topological polar surface area (TPSA) is 76.7 Å². The quantitative estimate of drug-likeness (QED) is 0.410. The van der Waals surface area contributed by atoms with Gasteiger partial charge in [0.15, 0.2) is 4.34 Å². The Hall–Kier alpha value is -2.78. The van der Waals surface area contributed by atoms with Crippen LogP contribution in [-0.4, -0.2) is 20.4 Å². The second-order valence-electron chi connectivity index (χ2n) is 6.08. The second-order valence-corrected chi connectivity index (χ2v) is 8.64. The zero-order valence-electron chi connectivity index (χ0n) is 15.1. The lowest BCUT2D eigenvalue weighted by atomic mass is 10.2. The van der Waals surface area contributed by atoms with Gasteiger partial charge in [0.25, 0.3) is 0 Å². The molecule has 4 aromatic rings. The first kappa shape index (κ1) is 18.6. The van der Waals surface area contributed by atoms with Crippen molar-refractivity contribution in [1.29, 1.82) is 0 Å². The molecule has 0 aliphatic rings. The smallest absolute Gasteiger partial charge is 0.247 e. The molecule has 0 saturated carbocycles. The van der Waals surface area contributed by atoms with E-state index in [1.54, 1.807) is 12.1 Å². The van der Waals surface area contributed by atoms with Crippen molar-refractivity contribution in [2.24, 2.45) is 0 Å². The number of halogens is 1. The number of nitrogens with zero attached hydrogens (tertiary/aromatic N) is 4. The van der Waals surface area contributed by atoms with E-state index in [2.05, 4.69) is 25.7 Å². The number of rotatable bonds is 6. The van der Waals surface area contributed by atoms with Gasteiger partial charge in [0, 0.05) is 11.3 Å².